The molecule has 1 aliphatic rings. The van der Waals surface area contributed by atoms with Crippen LogP contribution in [0.25, 0.3) is 0 Å². The van der Waals surface area contributed by atoms with Crippen LogP contribution in [0.2, 0.25) is 0 Å². The molecule has 1 heterocycles. The molecule has 2 atom stereocenters. The van der Waals surface area contributed by atoms with Crippen molar-refractivity contribution in [1.29, 1.82) is 5.26 Å². The van der Waals surface area contributed by atoms with Gasteiger partial charge in [0.25, 0.3) is 0 Å². The number of nitrogens with zero attached hydrogens (tertiary/aromatic N) is 2. The predicted octanol–water partition coefficient (Wildman–Crippen LogP) is 2.77. The van der Waals surface area contributed by atoms with E-state index in [0.29, 0.717) is 23.2 Å². The van der Waals surface area contributed by atoms with Gasteiger partial charge in [-0.15, -0.1) is 0 Å². The minimum Gasteiger partial charge on any atom is -0.397 e. The maximum Gasteiger partial charge on any atom is 0.0992 e. The van der Waals surface area contributed by atoms with E-state index in [9.17, 15) is 0 Å². The summed E-state index contributed by atoms with van der Waals surface area (Å²) in [5.41, 5.74) is 8.46. The molecule has 17 heavy (non-hydrogen) atoms. The molecular weight excluding hydrogens is 210 g/mol. The highest BCUT2D eigenvalue weighted by atomic mass is 15.2. The molecule has 0 saturated carbocycles. The fraction of sp³-hybridized carbons (Fsp3) is 0.500. The molecular formula is C14H19N3. The summed E-state index contributed by atoms with van der Waals surface area (Å²) in [7, 11) is 0. The molecule has 3 nitrogen and oxygen atoms in total. The van der Waals surface area contributed by atoms with Gasteiger partial charge in [0.15, 0.2) is 0 Å². The average molecular weight is 229 g/mol. The first-order valence-corrected chi connectivity index (χ1v) is 6.18. The molecule has 0 bridgehead atoms. The Morgan fingerprint density at radius 1 is 1.35 bits per heavy atom. The van der Waals surface area contributed by atoms with Gasteiger partial charge in [-0.2, -0.15) is 5.26 Å². The molecule has 2 N–H and O–H groups in total. The first-order valence-electron chi connectivity index (χ1n) is 6.18. The molecule has 1 aromatic rings. The monoisotopic (exact) mass is 229 g/mol. The normalized spacial score (nSPS) is 24.4. The predicted molar refractivity (Wildman–Crippen MR) is 70.8 cm³/mol. The van der Waals surface area contributed by atoms with Gasteiger partial charge in [-0.1, -0.05) is 6.92 Å². The number of nitrogens with two attached hydrogens (primary N) is 1. The van der Waals surface area contributed by atoms with Gasteiger partial charge in [0.2, 0.25) is 0 Å². The Balaban J connectivity index is 2.30. The van der Waals surface area contributed by atoms with Crippen molar-refractivity contribution in [3.05, 3.63) is 23.8 Å². The number of anilines is 2. The zero-order chi connectivity index (χ0) is 12.4. The van der Waals surface area contributed by atoms with Gasteiger partial charge in [-0.3, -0.25) is 0 Å². The van der Waals surface area contributed by atoms with Crippen LogP contribution in [0.4, 0.5) is 11.4 Å². The fourth-order valence-corrected chi connectivity index (χ4v) is 2.51. The van der Waals surface area contributed by atoms with E-state index in [1.165, 1.54) is 12.8 Å². The lowest BCUT2D eigenvalue weighted by atomic mass is 9.94. The maximum absolute atomic E-state index is 8.84. The minimum absolute atomic E-state index is 0.529. The third-order valence-corrected chi connectivity index (χ3v) is 3.58. The van der Waals surface area contributed by atoms with Crippen molar-refractivity contribution >= 4 is 11.4 Å². The number of nitrogen functional groups attached to an aromatic ring is 1. The summed E-state index contributed by atoms with van der Waals surface area (Å²) in [5, 5.41) is 8.84. The molecule has 1 saturated heterocycles. The second-order valence-electron chi connectivity index (χ2n) is 5.07. The standard InChI is InChI=1S/C14H19N3/c1-10-3-4-11(2)17(9-10)14-6-5-12(8-15)7-13(14)16/h5-7,10-11H,3-4,9,16H2,1-2H3. The zero-order valence-electron chi connectivity index (χ0n) is 10.5. The van der Waals surface area contributed by atoms with E-state index >= 15 is 0 Å². The average Bonchev–Trinajstić information content (AvgIpc) is 2.32. The third kappa shape index (κ3) is 2.36. The molecule has 0 radical (unpaired) electrons. The second-order valence-corrected chi connectivity index (χ2v) is 5.07. The number of benzene rings is 1. The molecule has 0 amide bonds. The summed E-state index contributed by atoms with van der Waals surface area (Å²) < 4.78 is 0. The van der Waals surface area contributed by atoms with Crippen LogP contribution in [0.3, 0.4) is 0 Å². The zero-order valence-corrected chi connectivity index (χ0v) is 10.5. The summed E-state index contributed by atoms with van der Waals surface area (Å²) in [6.07, 6.45) is 2.49. The van der Waals surface area contributed by atoms with Crippen molar-refractivity contribution in [1.82, 2.24) is 0 Å². The summed E-state index contributed by atoms with van der Waals surface area (Å²) >= 11 is 0. The van der Waals surface area contributed by atoms with Crippen LogP contribution in [-0.4, -0.2) is 12.6 Å². The van der Waals surface area contributed by atoms with E-state index in [1.807, 2.05) is 12.1 Å². The second kappa shape index (κ2) is 4.67. The van der Waals surface area contributed by atoms with Gasteiger partial charge < -0.3 is 10.6 Å². The van der Waals surface area contributed by atoms with Crippen LogP contribution < -0.4 is 10.6 Å². The van der Waals surface area contributed by atoms with Gasteiger partial charge in [0, 0.05) is 12.6 Å². The van der Waals surface area contributed by atoms with Crippen molar-refractivity contribution in [2.24, 2.45) is 5.92 Å². The molecule has 0 spiro atoms. The highest BCUT2D eigenvalue weighted by Crippen LogP contribution is 2.31. The Bertz CT molecular complexity index is 447. The van der Waals surface area contributed by atoms with E-state index < -0.39 is 0 Å². The first kappa shape index (κ1) is 11.8. The van der Waals surface area contributed by atoms with Gasteiger partial charge in [-0.05, 0) is 43.9 Å². The van der Waals surface area contributed by atoms with Crippen molar-refractivity contribution in [2.45, 2.75) is 32.7 Å². The van der Waals surface area contributed by atoms with E-state index in [-0.39, 0.29) is 0 Å². The lowest BCUT2D eigenvalue weighted by Crippen LogP contribution is -2.41. The lowest BCUT2D eigenvalue weighted by Gasteiger charge is -2.39. The quantitative estimate of drug-likeness (QED) is 0.753. The third-order valence-electron chi connectivity index (χ3n) is 3.58. The number of nitriles is 1. The SMILES string of the molecule is CC1CCC(C)N(c2ccc(C#N)cc2N)C1. The van der Waals surface area contributed by atoms with E-state index in [0.717, 1.165) is 12.2 Å². The Kier molecular flexibility index (Phi) is 3.23. The Morgan fingerprint density at radius 2 is 2.12 bits per heavy atom. The summed E-state index contributed by atoms with van der Waals surface area (Å²) in [6, 6.07) is 8.23. The van der Waals surface area contributed by atoms with Crippen molar-refractivity contribution in [3.8, 4) is 6.07 Å². The maximum atomic E-state index is 8.84. The van der Waals surface area contributed by atoms with Gasteiger partial charge >= 0.3 is 0 Å². The lowest BCUT2D eigenvalue weighted by molar-refractivity contribution is 0.390. The highest BCUT2D eigenvalue weighted by Gasteiger charge is 2.24. The summed E-state index contributed by atoms with van der Waals surface area (Å²) in [5.74, 6) is 0.709. The number of piperidine rings is 1. The fourth-order valence-electron chi connectivity index (χ4n) is 2.51. The number of rotatable bonds is 1. The topological polar surface area (TPSA) is 53.0 Å². The van der Waals surface area contributed by atoms with E-state index in [2.05, 4.69) is 24.8 Å². The van der Waals surface area contributed by atoms with Crippen molar-refractivity contribution < 1.29 is 0 Å². The van der Waals surface area contributed by atoms with Crippen LogP contribution in [0.5, 0.6) is 0 Å². The van der Waals surface area contributed by atoms with Crippen LogP contribution >= 0.6 is 0 Å². The van der Waals surface area contributed by atoms with Gasteiger partial charge in [0.05, 0.1) is 23.0 Å². The summed E-state index contributed by atoms with van der Waals surface area (Å²) in [4.78, 5) is 2.37. The van der Waals surface area contributed by atoms with E-state index in [1.54, 1.807) is 6.07 Å². The largest absolute Gasteiger partial charge is 0.397 e. The first-order chi connectivity index (χ1) is 8.11. The highest BCUT2D eigenvalue weighted by molar-refractivity contribution is 5.70. The molecule has 1 aliphatic heterocycles. The molecule has 1 fully saturated rings. The smallest absolute Gasteiger partial charge is 0.0992 e. The van der Waals surface area contributed by atoms with Gasteiger partial charge in [0.1, 0.15) is 0 Å². The molecule has 2 rings (SSSR count). The van der Waals surface area contributed by atoms with Crippen LogP contribution in [0.15, 0.2) is 18.2 Å². The molecule has 2 unspecified atom stereocenters. The summed E-state index contributed by atoms with van der Waals surface area (Å²) in [6.45, 7) is 5.57. The van der Waals surface area contributed by atoms with Gasteiger partial charge in [-0.25, -0.2) is 0 Å². The minimum atomic E-state index is 0.529. The van der Waals surface area contributed by atoms with Crippen LogP contribution in [0, 0.1) is 17.2 Å². The Morgan fingerprint density at radius 3 is 2.76 bits per heavy atom. The molecule has 1 aromatic carbocycles. The molecule has 0 aliphatic carbocycles. The van der Waals surface area contributed by atoms with E-state index in [4.69, 9.17) is 11.0 Å². The number of hydrogen-bond acceptors (Lipinski definition) is 3. The molecule has 0 aromatic heterocycles. The van der Waals surface area contributed by atoms with Crippen LogP contribution in [-0.2, 0) is 0 Å². The van der Waals surface area contributed by atoms with Crippen molar-refractivity contribution in [3.63, 3.8) is 0 Å². The Labute approximate surface area is 103 Å². The number of hydrogen-bond donors (Lipinski definition) is 1. The van der Waals surface area contributed by atoms with Crippen LogP contribution in [0.1, 0.15) is 32.3 Å². The molecule has 3 heteroatoms. The van der Waals surface area contributed by atoms with Crippen molar-refractivity contribution in [2.75, 3.05) is 17.2 Å². The Hall–Kier alpha value is -1.69. The molecule has 90 valence electrons.